The molecule has 106 valence electrons. The summed E-state index contributed by atoms with van der Waals surface area (Å²) in [6.07, 6.45) is 1.48. The Morgan fingerprint density at radius 1 is 1.35 bits per heavy atom. The van der Waals surface area contributed by atoms with Crippen LogP contribution in [0.3, 0.4) is 0 Å². The van der Waals surface area contributed by atoms with Gasteiger partial charge >= 0.3 is 0 Å². The Morgan fingerprint density at radius 3 is 2.40 bits per heavy atom. The maximum atomic E-state index is 12.1. The Bertz CT molecular complexity index is 581. The van der Waals surface area contributed by atoms with Gasteiger partial charge in [-0.2, -0.15) is 5.26 Å². The van der Waals surface area contributed by atoms with Crippen molar-refractivity contribution in [3.63, 3.8) is 0 Å². The lowest BCUT2D eigenvalue weighted by Crippen LogP contribution is -2.22. The summed E-state index contributed by atoms with van der Waals surface area (Å²) in [7, 11) is 0. The number of nitrogens with one attached hydrogen (secondary N) is 1. The molecule has 0 unspecified atom stereocenters. The summed E-state index contributed by atoms with van der Waals surface area (Å²) in [6, 6.07) is 5.99. The maximum absolute atomic E-state index is 12.1. The van der Waals surface area contributed by atoms with Crippen LogP contribution in [0.1, 0.15) is 31.9 Å². The molecule has 1 aromatic rings. The van der Waals surface area contributed by atoms with Gasteiger partial charge in [-0.05, 0) is 47.0 Å². The van der Waals surface area contributed by atoms with Crippen molar-refractivity contribution < 1.29 is 4.79 Å². The normalized spacial score (nSPS) is 11.9. The summed E-state index contributed by atoms with van der Waals surface area (Å²) in [5.74, 6) is -0.173. The minimum Gasteiger partial charge on any atom is -0.359 e. The Balaban J connectivity index is 3.09. The number of halogens is 1. The van der Waals surface area contributed by atoms with E-state index < -0.39 is 5.41 Å². The Hall–Kier alpha value is -1.60. The van der Waals surface area contributed by atoms with Gasteiger partial charge in [0, 0.05) is 16.1 Å². The van der Waals surface area contributed by atoms with E-state index >= 15 is 0 Å². The summed E-state index contributed by atoms with van der Waals surface area (Å²) in [5, 5.41) is 12.2. The molecule has 1 N–H and O–H groups in total. The van der Waals surface area contributed by atoms with Crippen LogP contribution in [0.4, 0.5) is 5.69 Å². The summed E-state index contributed by atoms with van der Waals surface area (Å²) < 4.78 is 0.909. The summed E-state index contributed by atoms with van der Waals surface area (Å²) >= 11 is 3.49. The van der Waals surface area contributed by atoms with Crippen molar-refractivity contribution in [2.75, 3.05) is 5.32 Å². The van der Waals surface area contributed by atoms with E-state index in [0.29, 0.717) is 0 Å². The van der Waals surface area contributed by atoms with Gasteiger partial charge in [0.15, 0.2) is 5.78 Å². The van der Waals surface area contributed by atoms with Crippen LogP contribution in [0, 0.1) is 30.6 Å². The minimum absolute atomic E-state index is 0.129. The van der Waals surface area contributed by atoms with Crippen LogP contribution in [-0.2, 0) is 4.79 Å². The lowest BCUT2D eigenvalue weighted by atomic mass is 9.87. The van der Waals surface area contributed by atoms with Gasteiger partial charge in [-0.15, -0.1) is 0 Å². The number of allylic oxidation sites excluding steroid dienone is 1. The van der Waals surface area contributed by atoms with Gasteiger partial charge in [0.1, 0.15) is 11.6 Å². The zero-order valence-corrected chi connectivity index (χ0v) is 14.1. The van der Waals surface area contributed by atoms with E-state index in [1.807, 2.05) is 32.0 Å². The number of carbonyl (C=O) groups excluding carboxylic acids is 1. The van der Waals surface area contributed by atoms with Crippen LogP contribution < -0.4 is 5.32 Å². The van der Waals surface area contributed by atoms with Crippen molar-refractivity contribution in [1.29, 1.82) is 5.26 Å². The largest absolute Gasteiger partial charge is 0.359 e. The molecule has 0 spiro atoms. The van der Waals surface area contributed by atoms with Crippen LogP contribution >= 0.6 is 15.9 Å². The first kappa shape index (κ1) is 16.5. The van der Waals surface area contributed by atoms with Gasteiger partial charge in [0.05, 0.1) is 5.69 Å². The van der Waals surface area contributed by atoms with Crippen molar-refractivity contribution in [3.05, 3.63) is 39.5 Å². The van der Waals surface area contributed by atoms with Gasteiger partial charge in [0.25, 0.3) is 0 Å². The Kier molecular flexibility index (Phi) is 5.13. The van der Waals surface area contributed by atoms with Gasteiger partial charge in [-0.25, -0.2) is 0 Å². The number of nitrogens with zero attached hydrogens (tertiary/aromatic N) is 1. The molecular weight excluding hydrogens is 316 g/mol. The fraction of sp³-hybridized carbons (Fsp3) is 0.375. The molecule has 0 atom stereocenters. The number of ketones is 1. The number of aryl methyl sites for hydroxylation is 2. The summed E-state index contributed by atoms with van der Waals surface area (Å²) in [6.45, 7) is 9.39. The molecule has 0 amide bonds. The molecule has 3 nitrogen and oxygen atoms in total. The second-order valence-corrected chi connectivity index (χ2v) is 6.69. The highest BCUT2D eigenvalue weighted by Gasteiger charge is 2.25. The average molecular weight is 335 g/mol. The van der Waals surface area contributed by atoms with E-state index in [1.54, 1.807) is 20.8 Å². The lowest BCUT2D eigenvalue weighted by molar-refractivity contribution is -0.122. The number of anilines is 1. The van der Waals surface area contributed by atoms with Crippen LogP contribution in [0.5, 0.6) is 0 Å². The van der Waals surface area contributed by atoms with Crippen molar-refractivity contribution in [3.8, 4) is 6.07 Å². The molecule has 0 aliphatic heterocycles. The first-order chi connectivity index (χ1) is 9.16. The van der Waals surface area contributed by atoms with Gasteiger partial charge < -0.3 is 5.32 Å². The van der Waals surface area contributed by atoms with Crippen LogP contribution in [-0.4, -0.2) is 5.78 Å². The predicted molar refractivity (Wildman–Crippen MR) is 85.4 cm³/mol. The van der Waals surface area contributed by atoms with E-state index in [9.17, 15) is 4.79 Å². The molecule has 0 aromatic heterocycles. The minimum atomic E-state index is -0.567. The monoisotopic (exact) mass is 334 g/mol. The third-order valence-electron chi connectivity index (χ3n) is 2.84. The molecule has 1 rings (SSSR count). The topological polar surface area (TPSA) is 52.9 Å². The Morgan fingerprint density at radius 2 is 1.95 bits per heavy atom. The first-order valence-electron chi connectivity index (χ1n) is 6.35. The molecular formula is C16H19BrN2O. The van der Waals surface area contributed by atoms with Gasteiger partial charge in [0.2, 0.25) is 0 Å². The van der Waals surface area contributed by atoms with E-state index in [-0.39, 0.29) is 11.4 Å². The van der Waals surface area contributed by atoms with Gasteiger partial charge in [-0.1, -0.05) is 26.8 Å². The number of benzene rings is 1. The number of carbonyl (C=O) groups is 1. The van der Waals surface area contributed by atoms with Crippen molar-refractivity contribution in [2.24, 2.45) is 5.41 Å². The fourth-order valence-electron chi connectivity index (χ4n) is 1.80. The molecule has 0 aliphatic rings. The number of hydrogen-bond donors (Lipinski definition) is 1. The van der Waals surface area contributed by atoms with Crippen LogP contribution in [0.25, 0.3) is 0 Å². The van der Waals surface area contributed by atoms with E-state index in [1.165, 1.54) is 6.20 Å². The molecule has 0 aliphatic carbocycles. The first-order valence-corrected chi connectivity index (χ1v) is 7.14. The highest BCUT2D eigenvalue weighted by Crippen LogP contribution is 2.28. The van der Waals surface area contributed by atoms with Gasteiger partial charge in [-0.3, -0.25) is 4.79 Å². The SMILES string of the molecule is Cc1cc(C)c(NC=C(C#N)C(=O)C(C)(C)C)c(Br)c1. The molecule has 1 aromatic carbocycles. The quantitative estimate of drug-likeness (QED) is 0.654. The lowest BCUT2D eigenvalue weighted by Gasteiger charge is -2.16. The zero-order valence-electron chi connectivity index (χ0n) is 12.5. The number of nitriles is 1. The molecule has 0 radical (unpaired) electrons. The van der Waals surface area contributed by atoms with Crippen molar-refractivity contribution in [1.82, 2.24) is 0 Å². The molecule has 0 saturated carbocycles. The predicted octanol–water partition coefficient (Wildman–Crippen LogP) is 4.50. The molecule has 0 heterocycles. The number of Topliss-reactive ketones (excluding diaryl/α,β-unsaturated/α-hetero) is 1. The smallest absolute Gasteiger partial charge is 0.180 e. The molecule has 0 saturated heterocycles. The third-order valence-corrected chi connectivity index (χ3v) is 3.46. The van der Waals surface area contributed by atoms with Crippen molar-refractivity contribution >= 4 is 27.4 Å². The number of rotatable bonds is 3. The highest BCUT2D eigenvalue weighted by atomic mass is 79.9. The van der Waals surface area contributed by atoms with Crippen LogP contribution in [0.2, 0.25) is 0 Å². The van der Waals surface area contributed by atoms with E-state index in [2.05, 4.69) is 21.2 Å². The molecule has 20 heavy (non-hydrogen) atoms. The molecule has 4 heteroatoms. The Labute approximate surface area is 128 Å². The molecule has 0 bridgehead atoms. The average Bonchev–Trinajstić information content (AvgIpc) is 2.30. The standard InChI is InChI=1S/C16H19BrN2O/c1-10-6-11(2)14(13(17)7-10)19-9-12(8-18)15(20)16(3,4)5/h6-7,9,19H,1-5H3. The highest BCUT2D eigenvalue weighted by molar-refractivity contribution is 9.10. The second kappa shape index (κ2) is 6.23. The van der Waals surface area contributed by atoms with E-state index in [0.717, 1.165) is 21.3 Å². The van der Waals surface area contributed by atoms with Crippen LogP contribution in [0.15, 0.2) is 28.4 Å². The zero-order chi connectivity index (χ0) is 15.5. The second-order valence-electron chi connectivity index (χ2n) is 5.83. The van der Waals surface area contributed by atoms with Crippen molar-refractivity contribution in [2.45, 2.75) is 34.6 Å². The fourth-order valence-corrected chi connectivity index (χ4v) is 2.58. The molecule has 0 fully saturated rings. The van der Waals surface area contributed by atoms with E-state index in [4.69, 9.17) is 5.26 Å². The maximum Gasteiger partial charge on any atom is 0.180 e. The summed E-state index contributed by atoms with van der Waals surface area (Å²) in [5.41, 5.74) is 2.63. The number of hydrogen-bond acceptors (Lipinski definition) is 3. The third kappa shape index (κ3) is 3.94. The summed E-state index contributed by atoms with van der Waals surface area (Å²) in [4.78, 5) is 12.1.